The van der Waals surface area contributed by atoms with Crippen molar-refractivity contribution in [2.75, 3.05) is 13.6 Å². The van der Waals surface area contributed by atoms with Crippen LogP contribution in [0.2, 0.25) is 0 Å². The van der Waals surface area contributed by atoms with Crippen molar-refractivity contribution in [2.45, 2.75) is 43.6 Å². The molecule has 1 aromatic carbocycles. The van der Waals surface area contributed by atoms with E-state index in [1.54, 1.807) is 0 Å². The number of hydrogen-bond acceptors (Lipinski definition) is 2. The molecule has 0 bridgehead atoms. The molecule has 94 valence electrons. The van der Waals surface area contributed by atoms with Crippen molar-refractivity contribution >= 4 is 0 Å². The highest BCUT2D eigenvalue weighted by Crippen LogP contribution is 2.39. The van der Waals surface area contributed by atoms with Crippen LogP contribution in [0.1, 0.15) is 43.6 Å². The molecule has 1 atom stereocenters. The lowest BCUT2D eigenvalue weighted by Crippen LogP contribution is -2.42. The molecule has 2 rings (SSSR count). The number of rotatable bonds is 4. The Morgan fingerprint density at radius 3 is 2.41 bits per heavy atom. The third-order valence-electron chi connectivity index (χ3n) is 3.98. The Morgan fingerprint density at radius 1 is 1.18 bits per heavy atom. The summed E-state index contributed by atoms with van der Waals surface area (Å²) in [5.74, 6) is 0.217. The first kappa shape index (κ1) is 12.6. The molecule has 17 heavy (non-hydrogen) atoms. The Morgan fingerprint density at radius 2 is 1.82 bits per heavy atom. The molecule has 0 aromatic heterocycles. The van der Waals surface area contributed by atoms with E-state index in [0.717, 1.165) is 32.2 Å². The minimum atomic E-state index is -0.511. The predicted molar refractivity (Wildman–Crippen MR) is 71.1 cm³/mol. The van der Waals surface area contributed by atoms with Crippen LogP contribution in [-0.4, -0.2) is 24.3 Å². The second-order valence-electron chi connectivity index (χ2n) is 5.19. The van der Waals surface area contributed by atoms with Gasteiger partial charge in [0.25, 0.3) is 0 Å². The SMILES string of the molecule is CNCC(c1ccccc1)C1(O)CCCCC1. The van der Waals surface area contributed by atoms with Gasteiger partial charge in [0.15, 0.2) is 0 Å². The van der Waals surface area contributed by atoms with Gasteiger partial charge in [-0.25, -0.2) is 0 Å². The van der Waals surface area contributed by atoms with Crippen molar-refractivity contribution in [3.05, 3.63) is 35.9 Å². The van der Waals surface area contributed by atoms with E-state index in [1.807, 2.05) is 13.1 Å². The number of likely N-dealkylation sites (N-methyl/N-ethyl adjacent to an activating group) is 1. The van der Waals surface area contributed by atoms with E-state index >= 15 is 0 Å². The summed E-state index contributed by atoms with van der Waals surface area (Å²) in [4.78, 5) is 0. The maximum Gasteiger partial charge on any atom is 0.0728 e. The number of nitrogens with one attached hydrogen (secondary N) is 1. The lowest BCUT2D eigenvalue weighted by molar-refractivity contribution is -0.0211. The summed E-state index contributed by atoms with van der Waals surface area (Å²) in [5, 5.41) is 14.1. The molecule has 1 aromatic rings. The zero-order valence-corrected chi connectivity index (χ0v) is 10.7. The van der Waals surface area contributed by atoms with Gasteiger partial charge in [-0.2, -0.15) is 0 Å². The van der Waals surface area contributed by atoms with Crippen LogP contribution in [0.25, 0.3) is 0 Å². The minimum absolute atomic E-state index is 0.217. The summed E-state index contributed by atoms with van der Waals surface area (Å²) in [5.41, 5.74) is 0.744. The van der Waals surface area contributed by atoms with Crippen LogP contribution in [-0.2, 0) is 0 Å². The highest BCUT2D eigenvalue weighted by Gasteiger charge is 2.37. The molecule has 2 heteroatoms. The van der Waals surface area contributed by atoms with Gasteiger partial charge in [-0.3, -0.25) is 0 Å². The molecule has 0 saturated heterocycles. The standard InChI is InChI=1S/C15H23NO/c1-16-12-14(13-8-4-2-5-9-13)15(17)10-6-3-7-11-15/h2,4-5,8-9,14,16-17H,3,6-7,10-12H2,1H3. The van der Waals surface area contributed by atoms with Crippen LogP contribution in [0.4, 0.5) is 0 Å². The molecule has 0 amide bonds. The van der Waals surface area contributed by atoms with E-state index < -0.39 is 5.60 Å². The number of aliphatic hydroxyl groups is 1. The molecule has 2 nitrogen and oxygen atoms in total. The smallest absolute Gasteiger partial charge is 0.0728 e. The van der Waals surface area contributed by atoms with Crippen molar-refractivity contribution in [1.82, 2.24) is 5.32 Å². The van der Waals surface area contributed by atoms with E-state index in [4.69, 9.17) is 0 Å². The van der Waals surface area contributed by atoms with E-state index in [2.05, 4.69) is 29.6 Å². The molecule has 0 heterocycles. The van der Waals surface area contributed by atoms with Crippen molar-refractivity contribution < 1.29 is 5.11 Å². The maximum absolute atomic E-state index is 10.9. The molecular weight excluding hydrogens is 210 g/mol. The molecular formula is C15H23NO. The zero-order chi connectivity index (χ0) is 12.1. The van der Waals surface area contributed by atoms with Gasteiger partial charge in [0, 0.05) is 12.5 Å². The predicted octanol–water partition coefficient (Wildman–Crippen LogP) is 2.68. The fourth-order valence-electron chi connectivity index (χ4n) is 3.02. The normalized spacial score (nSPS) is 21.1. The summed E-state index contributed by atoms with van der Waals surface area (Å²) in [6.07, 6.45) is 5.46. The Balaban J connectivity index is 2.22. The Labute approximate surface area is 104 Å². The Kier molecular flexibility index (Phi) is 4.19. The van der Waals surface area contributed by atoms with Gasteiger partial charge in [0.1, 0.15) is 0 Å². The lowest BCUT2D eigenvalue weighted by Gasteiger charge is -2.39. The quantitative estimate of drug-likeness (QED) is 0.838. The summed E-state index contributed by atoms with van der Waals surface area (Å²) in [6.45, 7) is 0.848. The fourth-order valence-corrected chi connectivity index (χ4v) is 3.02. The van der Waals surface area contributed by atoms with E-state index in [1.165, 1.54) is 12.0 Å². The molecule has 0 aliphatic heterocycles. The molecule has 1 aliphatic rings. The minimum Gasteiger partial charge on any atom is -0.389 e. The molecule has 0 radical (unpaired) electrons. The van der Waals surface area contributed by atoms with Crippen LogP contribution in [0.3, 0.4) is 0 Å². The van der Waals surface area contributed by atoms with Gasteiger partial charge >= 0.3 is 0 Å². The maximum atomic E-state index is 10.9. The van der Waals surface area contributed by atoms with E-state index in [-0.39, 0.29) is 5.92 Å². The van der Waals surface area contributed by atoms with Crippen molar-refractivity contribution in [3.63, 3.8) is 0 Å². The molecule has 0 spiro atoms. The Bertz CT molecular complexity index is 330. The van der Waals surface area contributed by atoms with Crippen LogP contribution < -0.4 is 5.32 Å². The fraction of sp³-hybridized carbons (Fsp3) is 0.600. The van der Waals surface area contributed by atoms with Gasteiger partial charge in [-0.15, -0.1) is 0 Å². The van der Waals surface area contributed by atoms with Gasteiger partial charge in [-0.1, -0.05) is 49.6 Å². The average molecular weight is 233 g/mol. The first-order chi connectivity index (χ1) is 8.26. The second-order valence-corrected chi connectivity index (χ2v) is 5.19. The van der Waals surface area contributed by atoms with Gasteiger partial charge in [0.05, 0.1) is 5.60 Å². The first-order valence-corrected chi connectivity index (χ1v) is 6.68. The number of benzene rings is 1. The second kappa shape index (κ2) is 5.65. The Hall–Kier alpha value is -0.860. The summed E-state index contributed by atoms with van der Waals surface area (Å²) >= 11 is 0. The van der Waals surface area contributed by atoms with Crippen molar-refractivity contribution in [1.29, 1.82) is 0 Å². The summed E-state index contributed by atoms with van der Waals surface area (Å²) in [7, 11) is 1.96. The molecule has 1 unspecified atom stereocenters. The van der Waals surface area contributed by atoms with Crippen LogP contribution in [0.5, 0.6) is 0 Å². The third kappa shape index (κ3) is 2.88. The van der Waals surface area contributed by atoms with Gasteiger partial charge in [0.2, 0.25) is 0 Å². The van der Waals surface area contributed by atoms with Crippen molar-refractivity contribution in [3.8, 4) is 0 Å². The zero-order valence-electron chi connectivity index (χ0n) is 10.7. The van der Waals surface area contributed by atoms with Crippen LogP contribution >= 0.6 is 0 Å². The van der Waals surface area contributed by atoms with E-state index in [0.29, 0.717) is 0 Å². The largest absolute Gasteiger partial charge is 0.389 e. The topological polar surface area (TPSA) is 32.3 Å². The summed E-state index contributed by atoms with van der Waals surface area (Å²) in [6, 6.07) is 10.4. The van der Waals surface area contributed by atoms with Crippen LogP contribution in [0.15, 0.2) is 30.3 Å². The van der Waals surface area contributed by atoms with Crippen LogP contribution in [0, 0.1) is 0 Å². The number of hydrogen-bond donors (Lipinski definition) is 2. The highest BCUT2D eigenvalue weighted by molar-refractivity contribution is 5.23. The van der Waals surface area contributed by atoms with Gasteiger partial charge < -0.3 is 10.4 Å². The molecule has 1 aliphatic carbocycles. The third-order valence-corrected chi connectivity index (χ3v) is 3.98. The first-order valence-electron chi connectivity index (χ1n) is 6.68. The van der Waals surface area contributed by atoms with E-state index in [9.17, 15) is 5.11 Å². The highest BCUT2D eigenvalue weighted by atomic mass is 16.3. The molecule has 2 N–H and O–H groups in total. The van der Waals surface area contributed by atoms with Crippen molar-refractivity contribution in [2.24, 2.45) is 0 Å². The van der Waals surface area contributed by atoms with Gasteiger partial charge in [-0.05, 0) is 25.5 Å². The average Bonchev–Trinajstić information content (AvgIpc) is 2.38. The lowest BCUT2D eigenvalue weighted by atomic mass is 9.73. The summed E-state index contributed by atoms with van der Waals surface area (Å²) < 4.78 is 0. The monoisotopic (exact) mass is 233 g/mol. The molecule has 1 saturated carbocycles. The molecule has 1 fully saturated rings.